The number of ether oxygens (including phenoxy) is 1. The highest BCUT2D eigenvalue weighted by molar-refractivity contribution is 6.30. The number of piperidine rings is 1. The molecular weight excluding hydrogens is 338 g/mol. The van der Waals surface area contributed by atoms with E-state index in [0.29, 0.717) is 12.6 Å². The number of amides is 1. The third kappa shape index (κ3) is 5.17. The third-order valence-corrected chi connectivity index (χ3v) is 5.46. The molecule has 3 rings (SSSR count). The van der Waals surface area contributed by atoms with E-state index in [4.69, 9.17) is 16.3 Å². The molecule has 1 unspecified atom stereocenters. The fourth-order valence-electron chi connectivity index (χ4n) is 3.74. The van der Waals surface area contributed by atoms with Crippen LogP contribution >= 0.6 is 11.6 Å². The van der Waals surface area contributed by atoms with E-state index in [1.54, 1.807) is 0 Å². The predicted octanol–water partition coefficient (Wildman–Crippen LogP) is 2.22. The second kappa shape index (κ2) is 8.99. The lowest BCUT2D eigenvalue weighted by molar-refractivity contribution is -0.126. The zero-order valence-electron chi connectivity index (χ0n) is 14.8. The van der Waals surface area contributed by atoms with Crippen LogP contribution in [0, 0.1) is 5.92 Å². The van der Waals surface area contributed by atoms with E-state index in [-0.39, 0.29) is 17.9 Å². The molecule has 2 aliphatic heterocycles. The van der Waals surface area contributed by atoms with E-state index < -0.39 is 0 Å². The molecule has 0 spiro atoms. The summed E-state index contributed by atoms with van der Waals surface area (Å²) >= 11 is 6.04. The summed E-state index contributed by atoms with van der Waals surface area (Å²) in [6.45, 7) is 6.93. The second-order valence-corrected chi connectivity index (χ2v) is 7.47. The molecule has 1 amide bonds. The highest BCUT2D eigenvalue weighted by atomic mass is 35.5. The van der Waals surface area contributed by atoms with Gasteiger partial charge in [0.1, 0.15) is 0 Å². The molecule has 1 aromatic carbocycles. The van der Waals surface area contributed by atoms with Crippen molar-refractivity contribution < 1.29 is 9.53 Å². The monoisotopic (exact) mass is 365 g/mol. The summed E-state index contributed by atoms with van der Waals surface area (Å²) in [7, 11) is 0. The Morgan fingerprint density at radius 1 is 1.36 bits per heavy atom. The number of nitrogens with one attached hydrogen (secondary N) is 2. The quantitative estimate of drug-likeness (QED) is 0.840. The van der Waals surface area contributed by atoms with Gasteiger partial charge in [-0.2, -0.15) is 0 Å². The minimum Gasteiger partial charge on any atom is -0.379 e. The minimum absolute atomic E-state index is 0.117. The Bertz CT molecular complexity index is 560. The molecule has 2 fully saturated rings. The molecule has 6 heteroatoms. The maximum absolute atomic E-state index is 12.6. The summed E-state index contributed by atoms with van der Waals surface area (Å²) in [6.07, 6.45) is 1.83. The number of hydrogen-bond acceptors (Lipinski definition) is 4. The summed E-state index contributed by atoms with van der Waals surface area (Å²) in [4.78, 5) is 15.0. The summed E-state index contributed by atoms with van der Waals surface area (Å²) in [5.74, 6) is 0.298. The number of rotatable bonds is 5. The van der Waals surface area contributed by atoms with Gasteiger partial charge in [0, 0.05) is 36.6 Å². The van der Waals surface area contributed by atoms with Crippen molar-refractivity contribution in [3.63, 3.8) is 0 Å². The Labute approximate surface area is 155 Å². The number of nitrogens with zero attached hydrogens (tertiary/aromatic N) is 1. The van der Waals surface area contributed by atoms with Crippen LogP contribution < -0.4 is 10.6 Å². The smallest absolute Gasteiger partial charge is 0.223 e. The maximum Gasteiger partial charge on any atom is 0.223 e. The van der Waals surface area contributed by atoms with E-state index in [1.807, 2.05) is 12.1 Å². The summed E-state index contributed by atoms with van der Waals surface area (Å²) in [5, 5.41) is 7.33. The Morgan fingerprint density at radius 2 is 2.08 bits per heavy atom. The molecule has 2 N–H and O–H groups in total. The van der Waals surface area contributed by atoms with Crippen molar-refractivity contribution >= 4 is 17.5 Å². The highest BCUT2D eigenvalue weighted by Gasteiger charge is 2.27. The Balaban J connectivity index is 1.64. The molecule has 2 heterocycles. The summed E-state index contributed by atoms with van der Waals surface area (Å²) < 4.78 is 5.48. The van der Waals surface area contributed by atoms with Gasteiger partial charge < -0.3 is 15.4 Å². The van der Waals surface area contributed by atoms with E-state index in [0.717, 1.165) is 50.7 Å². The average molecular weight is 366 g/mol. The lowest BCUT2D eigenvalue weighted by atomic mass is 9.92. The van der Waals surface area contributed by atoms with Crippen LogP contribution in [0.3, 0.4) is 0 Å². The van der Waals surface area contributed by atoms with Crippen LogP contribution in [0.25, 0.3) is 0 Å². The van der Waals surface area contributed by atoms with Crippen molar-refractivity contribution in [2.45, 2.75) is 31.8 Å². The van der Waals surface area contributed by atoms with Crippen LogP contribution in [0.4, 0.5) is 0 Å². The first-order valence-electron chi connectivity index (χ1n) is 9.22. The van der Waals surface area contributed by atoms with Crippen LogP contribution in [-0.4, -0.2) is 56.2 Å². The van der Waals surface area contributed by atoms with Gasteiger partial charge in [0.15, 0.2) is 0 Å². The SMILES string of the molecule is C[C@H]1C[C@@H](C(=O)NCC(c2ccc(Cl)cc2)N2CCOCC2)CCN1. The number of halogens is 1. The molecule has 2 saturated heterocycles. The van der Waals surface area contributed by atoms with Gasteiger partial charge in [-0.3, -0.25) is 9.69 Å². The topological polar surface area (TPSA) is 53.6 Å². The van der Waals surface area contributed by atoms with Gasteiger partial charge in [-0.25, -0.2) is 0 Å². The van der Waals surface area contributed by atoms with Crippen molar-refractivity contribution in [2.24, 2.45) is 5.92 Å². The van der Waals surface area contributed by atoms with E-state index >= 15 is 0 Å². The number of morpholine rings is 1. The van der Waals surface area contributed by atoms with Crippen LogP contribution in [0.2, 0.25) is 5.02 Å². The zero-order chi connectivity index (χ0) is 17.6. The lowest BCUT2D eigenvalue weighted by Crippen LogP contribution is -2.46. The summed E-state index contributed by atoms with van der Waals surface area (Å²) in [6, 6.07) is 8.52. The molecule has 0 radical (unpaired) electrons. The second-order valence-electron chi connectivity index (χ2n) is 7.04. The van der Waals surface area contributed by atoms with Gasteiger partial charge in [-0.15, -0.1) is 0 Å². The highest BCUT2D eigenvalue weighted by Crippen LogP contribution is 2.24. The maximum atomic E-state index is 12.6. The molecular formula is C19H28ClN3O2. The van der Waals surface area contributed by atoms with Gasteiger partial charge >= 0.3 is 0 Å². The number of benzene rings is 1. The van der Waals surface area contributed by atoms with Gasteiger partial charge in [0.05, 0.1) is 19.3 Å². The number of hydrogen-bond donors (Lipinski definition) is 2. The van der Waals surface area contributed by atoms with Gasteiger partial charge in [0.25, 0.3) is 0 Å². The predicted molar refractivity (Wildman–Crippen MR) is 99.8 cm³/mol. The molecule has 0 aromatic heterocycles. The van der Waals surface area contributed by atoms with Gasteiger partial charge in [-0.1, -0.05) is 23.7 Å². The molecule has 3 atom stereocenters. The van der Waals surface area contributed by atoms with E-state index in [1.165, 1.54) is 5.56 Å². The van der Waals surface area contributed by atoms with Crippen LogP contribution in [0.5, 0.6) is 0 Å². The number of carbonyl (C=O) groups is 1. The first-order valence-corrected chi connectivity index (χ1v) is 9.59. The molecule has 0 saturated carbocycles. The largest absolute Gasteiger partial charge is 0.379 e. The van der Waals surface area contributed by atoms with E-state index in [9.17, 15) is 4.79 Å². The van der Waals surface area contributed by atoms with Crippen molar-refractivity contribution in [1.82, 2.24) is 15.5 Å². The Kier molecular flexibility index (Phi) is 6.70. The van der Waals surface area contributed by atoms with Crippen LogP contribution in [-0.2, 0) is 9.53 Å². The minimum atomic E-state index is 0.117. The van der Waals surface area contributed by atoms with E-state index in [2.05, 4.69) is 34.6 Å². The first kappa shape index (κ1) is 18.6. The van der Waals surface area contributed by atoms with Crippen molar-refractivity contribution in [3.05, 3.63) is 34.9 Å². The normalized spacial score (nSPS) is 26.2. The standard InChI is InChI=1S/C19H28ClN3O2/c1-14-12-16(6-7-21-14)19(24)22-13-18(23-8-10-25-11-9-23)15-2-4-17(20)5-3-15/h2-5,14,16,18,21H,6-13H2,1H3,(H,22,24)/t14-,16-,18?/m0/s1. The van der Waals surface area contributed by atoms with Crippen LogP contribution in [0.15, 0.2) is 24.3 Å². The van der Waals surface area contributed by atoms with Crippen LogP contribution in [0.1, 0.15) is 31.4 Å². The first-order chi connectivity index (χ1) is 12.1. The van der Waals surface area contributed by atoms with Gasteiger partial charge in [-0.05, 0) is 44.0 Å². The Hall–Kier alpha value is -1.14. The molecule has 0 aliphatic carbocycles. The fourth-order valence-corrected chi connectivity index (χ4v) is 3.87. The zero-order valence-corrected chi connectivity index (χ0v) is 15.6. The fraction of sp³-hybridized carbons (Fsp3) is 0.632. The summed E-state index contributed by atoms with van der Waals surface area (Å²) in [5.41, 5.74) is 1.19. The lowest BCUT2D eigenvalue weighted by Gasteiger charge is -2.35. The van der Waals surface area contributed by atoms with Crippen molar-refractivity contribution in [1.29, 1.82) is 0 Å². The van der Waals surface area contributed by atoms with Gasteiger partial charge in [0.2, 0.25) is 5.91 Å². The Morgan fingerprint density at radius 3 is 2.76 bits per heavy atom. The van der Waals surface area contributed by atoms with Crippen molar-refractivity contribution in [3.8, 4) is 0 Å². The molecule has 2 aliphatic rings. The third-order valence-electron chi connectivity index (χ3n) is 5.21. The van der Waals surface area contributed by atoms with Crippen molar-refractivity contribution in [2.75, 3.05) is 39.4 Å². The molecule has 0 bridgehead atoms. The molecule has 25 heavy (non-hydrogen) atoms. The molecule has 138 valence electrons. The molecule has 1 aromatic rings. The molecule has 5 nitrogen and oxygen atoms in total. The average Bonchev–Trinajstić information content (AvgIpc) is 2.64. The number of carbonyl (C=O) groups excluding carboxylic acids is 1.